The van der Waals surface area contributed by atoms with Crippen molar-refractivity contribution in [3.63, 3.8) is 0 Å². The minimum absolute atomic E-state index is 0.325. The molecule has 0 saturated heterocycles. The molecule has 0 aliphatic heterocycles. The van der Waals surface area contributed by atoms with Crippen molar-refractivity contribution < 1.29 is 8.81 Å². The van der Waals surface area contributed by atoms with Crippen LogP contribution in [0.15, 0.2) is 28.9 Å². The van der Waals surface area contributed by atoms with E-state index in [9.17, 15) is 4.39 Å². The van der Waals surface area contributed by atoms with Crippen LogP contribution in [-0.2, 0) is 0 Å². The van der Waals surface area contributed by atoms with Gasteiger partial charge in [0.05, 0.1) is 12.3 Å². The summed E-state index contributed by atoms with van der Waals surface area (Å²) in [5, 5.41) is 0.333. The first kappa shape index (κ1) is 12.1. The second-order valence-electron chi connectivity index (χ2n) is 4.09. The number of aryl methyl sites for hydroxylation is 2. The summed E-state index contributed by atoms with van der Waals surface area (Å²) in [5.74, 6) is 0.458. The van der Waals surface area contributed by atoms with Crippen LogP contribution in [0.5, 0.6) is 0 Å². The minimum Gasteiger partial charge on any atom is -0.469 e. The third-order valence-electron chi connectivity index (χ3n) is 2.72. The Morgan fingerprint density at radius 1 is 1.29 bits per heavy atom. The quantitative estimate of drug-likeness (QED) is 0.886. The van der Waals surface area contributed by atoms with Crippen LogP contribution >= 0.6 is 11.6 Å². The fourth-order valence-corrected chi connectivity index (χ4v) is 1.99. The first-order valence-corrected chi connectivity index (χ1v) is 5.63. The Balaban J connectivity index is 2.43. The summed E-state index contributed by atoms with van der Waals surface area (Å²) < 4.78 is 18.5. The highest BCUT2D eigenvalue weighted by Crippen LogP contribution is 2.29. The van der Waals surface area contributed by atoms with Crippen molar-refractivity contribution in [1.29, 1.82) is 0 Å². The van der Waals surface area contributed by atoms with Crippen molar-refractivity contribution in [3.05, 3.63) is 57.8 Å². The molecule has 0 aliphatic rings. The minimum atomic E-state index is -0.403. The van der Waals surface area contributed by atoms with E-state index < -0.39 is 6.04 Å². The second-order valence-corrected chi connectivity index (χ2v) is 4.50. The summed E-state index contributed by atoms with van der Waals surface area (Å²) in [4.78, 5) is 0. The van der Waals surface area contributed by atoms with Crippen molar-refractivity contribution >= 4 is 11.6 Å². The summed E-state index contributed by atoms with van der Waals surface area (Å²) in [6, 6.07) is 4.41. The summed E-state index contributed by atoms with van der Waals surface area (Å²) in [7, 11) is 0. The molecule has 1 aromatic carbocycles. The Bertz CT molecular complexity index is 550. The van der Waals surface area contributed by atoms with E-state index in [1.165, 1.54) is 6.07 Å². The fourth-order valence-electron chi connectivity index (χ4n) is 1.72. The number of hydrogen-bond donors (Lipinski definition) is 1. The van der Waals surface area contributed by atoms with Gasteiger partial charge in [-0.1, -0.05) is 11.6 Å². The second kappa shape index (κ2) is 4.51. The summed E-state index contributed by atoms with van der Waals surface area (Å²) >= 11 is 6.00. The van der Waals surface area contributed by atoms with Crippen LogP contribution in [0.25, 0.3) is 0 Å². The van der Waals surface area contributed by atoms with Crippen molar-refractivity contribution in [2.75, 3.05) is 0 Å². The number of halogens is 2. The van der Waals surface area contributed by atoms with E-state index >= 15 is 0 Å². The van der Waals surface area contributed by atoms with Crippen LogP contribution in [0.4, 0.5) is 4.39 Å². The van der Waals surface area contributed by atoms with Crippen molar-refractivity contribution in [3.8, 4) is 0 Å². The van der Waals surface area contributed by atoms with E-state index in [1.807, 2.05) is 13.0 Å². The lowest BCUT2D eigenvalue weighted by atomic mass is 10.00. The lowest BCUT2D eigenvalue weighted by Gasteiger charge is -2.13. The Labute approximate surface area is 104 Å². The largest absolute Gasteiger partial charge is 0.469 e. The maximum Gasteiger partial charge on any atom is 0.127 e. The topological polar surface area (TPSA) is 39.2 Å². The van der Waals surface area contributed by atoms with E-state index in [0.717, 1.165) is 11.3 Å². The molecule has 2 aromatic rings. The molecule has 1 atom stereocenters. The van der Waals surface area contributed by atoms with Crippen LogP contribution in [0, 0.1) is 19.7 Å². The first-order valence-electron chi connectivity index (χ1n) is 5.25. The molecular formula is C13H13ClFNO. The predicted octanol–water partition coefficient (Wildman–Crippen LogP) is 3.74. The lowest BCUT2D eigenvalue weighted by molar-refractivity contribution is 0.530. The standard InChI is InChI=1S/C13H13ClFNO/c1-7-3-10(11(14)5-12(7)15)13(16)9-4-8(2)17-6-9/h3-6,13H,16H2,1-2H3. The monoisotopic (exact) mass is 253 g/mol. The zero-order valence-corrected chi connectivity index (χ0v) is 10.4. The highest BCUT2D eigenvalue weighted by atomic mass is 35.5. The highest BCUT2D eigenvalue weighted by molar-refractivity contribution is 6.31. The zero-order valence-electron chi connectivity index (χ0n) is 9.63. The molecule has 0 spiro atoms. The molecule has 0 aliphatic carbocycles. The summed E-state index contributed by atoms with van der Waals surface area (Å²) in [6.07, 6.45) is 1.59. The third-order valence-corrected chi connectivity index (χ3v) is 3.05. The van der Waals surface area contributed by atoms with Crippen LogP contribution < -0.4 is 5.73 Å². The molecule has 0 fully saturated rings. The smallest absolute Gasteiger partial charge is 0.127 e. The van der Waals surface area contributed by atoms with Crippen LogP contribution in [-0.4, -0.2) is 0 Å². The molecule has 4 heteroatoms. The predicted molar refractivity (Wildman–Crippen MR) is 65.6 cm³/mol. The van der Waals surface area contributed by atoms with E-state index in [1.54, 1.807) is 19.3 Å². The molecule has 0 saturated carbocycles. The van der Waals surface area contributed by atoms with E-state index in [0.29, 0.717) is 16.1 Å². The van der Waals surface area contributed by atoms with Crippen molar-refractivity contribution in [2.45, 2.75) is 19.9 Å². The number of benzene rings is 1. The van der Waals surface area contributed by atoms with Gasteiger partial charge in [0.1, 0.15) is 11.6 Å². The average molecular weight is 254 g/mol. The zero-order chi connectivity index (χ0) is 12.6. The molecule has 0 radical (unpaired) electrons. The van der Waals surface area contributed by atoms with Gasteiger partial charge in [-0.05, 0) is 43.2 Å². The molecular weight excluding hydrogens is 241 g/mol. The maximum absolute atomic E-state index is 13.3. The maximum atomic E-state index is 13.3. The van der Waals surface area contributed by atoms with Gasteiger partial charge in [-0.15, -0.1) is 0 Å². The number of hydrogen-bond acceptors (Lipinski definition) is 2. The molecule has 17 heavy (non-hydrogen) atoms. The Morgan fingerprint density at radius 2 is 2.00 bits per heavy atom. The molecule has 2 rings (SSSR count). The summed E-state index contributed by atoms with van der Waals surface area (Å²) in [6.45, 7) is 3.52. The van der Waals surface area contributed by atoms with Crippen molar-refractivity contribution in [2.24, 2.45) is 5.73 Å². The van der Waals surface area contributed by atoms with Gasteiger partial charge in [-0.2, -0.15) is 0 Å². The molecule has 0 amide bonds. The molecule has 0 bridgehead atoms. The van der Waals surface area contributed by atoms with Crippen LogP contribution in [0.2, 0.25) is 5.02 Å². The highest BCUT2D eigenvalue weighted by Gasteiger charge is 2.16. The first-order chi connectivity index (χ1) is 7.99. The molecule has 1 unspecified atom stereocenters. The molecule has 90 valence electrons. The van der Waals surface area contributed by atoms with Gasteiger partial charge in [-0.3, -0.25) is 0 Å². The fraction of sp³-hybridized carbons (Fsp3) is 0.231. The average Bonchev–Trinajstić information content (AvgIpc) is 2.69. The van der Waals surface area contributed by atoms with Crippen molar-refractivity contribution in [1.82, 2.24) is 0 Å². The Hall–Kier alpha value is -1.32. The van der Waals surface area contributed by atoms with Gasteiger partial charge in [0, 0.05) is 10.6 Å². The van der Waals surface area contributed by atoms with Crippen LogP contribution in [0.1, 0.15) is 28.5 Å². The Kier molecular flexibility index (Phi) is 3.22. The molecule has 2 nitrogen and oxygen atoms in total. The van der Waals surface area contributed by atoms with Gasteiger partial charge in [0.15, 0.2) is 0 Å². The molecule has 1 heterocycles. The lowest BCUT2D eigenvalue weighted by Crippen LogP contribution is -2.12. The van der Waals surface area contributed by atoms with E-state index in [-0.39, 0.29) is 5.82 Å². The third kappa shape index (κ3) is 2.35. The number of nitrogens with two attached hydrogens (primary N) is 1. The Morgan fingerprint density at radius 3 is 2.59 bits per heavy atom. The van der Waals surface area contributed by atoms with Gasteiger partial charge < -0.3 is 10.2 Å². The van der Waals surface area contributed by atoms with Gasteiger partial charge >= 0.3 is 0 Å². The number of furan rings is 1. The van der Waals surface area contributed by atoms with Crippen LogP contribution in [0.3, 0.4) is 0 Å². The molecule has 2 N–H and O–H groups in total. The summed E-state index contributed by atoms with van der Waals surface area (Å²) in [5.41, 5.74) is 8.14. The van der Waals surface area contributed by atoms with Gasteiger partial charge in [0.25, 0.3) is 0 Å². The van der Waals surface area contributed by atoms with Gasteiger partial charge in [0.2, 0.25) is 0 Å². The van der Waals surface area contributed by atoms with E-state index in [2.05, 4.69) is 0 Å². The van der Waals surface area contributed by atoms with Gasteiger partial charge in [-0.25, -0.2) is 4.39 Å². The van der Waals surface area contributed by atoms with E-state index in [4.69, 9.17) is 21.8 Å². The molecule has 1 aromatic heterocycles. The SMILES string of the molecule is Cc1cc(C(N)c2cc(C)c(F)cc2Cl)co1. The normalized spacial score (nSPS) is 12.8. The number of rotatable bonds is 2.